The number of likely N-dealkylation sites (N-methyl/N-ethyl adjacent to an activating group) is 1. The van der Waals surface area contributed by atoms with Crippen molar-refractivity contribution in [2.75, 3.05) is 54.4 Å². The predicted molar refractivity (Wildman–Crippen MR) is 112 cm³/mol. The maximum atomic E-state index is 9.89. The van der Waals surface area contributed by atoms with Gasteiger partial charge in [0, 0.05) is 6.20 Å². The highest BCUT2D eigenvalue weighted by molar-refractivity contribution is 5.23. The van der Waals surface area contributed by atoms with Crippen molar-refractivity contribution in [2.45, 2.75) is 57.9 Å². The number of halogens is 2. The van der Waals surface area contributed by atoms with Crippen LogP contribution in [0, 0.1) is 0 Å². The Labute approximate surface area is 199 Å². The maximum Gasteiger partial charge on any atom is 0.142 e. The standard InChI is InChI=1S/C22H42N3O2.2BrH/c1-24(2,18-19-26)16-11-9-7-5-6-8-10-12-17-25(3,4)20-21-22(27)14-13-15-23-21;;/h13-15,26H,5-12,16-20H2,1-4H3;2*1H/q+1;;/p-1. The van der Waals surface area contributed by atoms with Crippen LogP contribution in [0.2, 0.25) is 0 Å². The van der Waals surface area contributed by atoms with Gasteiger partial charge in [-0.1, -0.05) is 25.7 Å². The number of rotatable bonds is 15. The van der Waals surface area contributed by atoms with Gasteiger partial charge in [-0.05, 0) is 37.8 Å². The van der Waals surface area contributed by atoms with Crippen LogP contribution in [-0.2, 0) is 6.54 Å². The highest BCUT2D eigenvalue weighted by atomic mass is 79.9. The van der Waals surface area contributed by atoms with Gasteiger partial charge in [-0.15, -0.1) is 0 Å². The fourth-order valence-electron chi connectivity index (χ4n) is 3.56. The summed E-state index contributed by atoms with van der Waals surface area (Å²) in [4.78, 5) is 4.30. The number of quaternary nitrogens is 2. The Morgan fingerprint density at radius 3 is 1.72 bits per heavy atom. The minimum atomic E-state index is 0. The number of aromatic hydroxyl groups is 1. The second-order valence-corrected chi connectivity index (χ2v) is 9.22. The highest BCUT2D eigenvalue weighted by Gasteiger charge is 2.18. The average molecular weight is 541 g/mol. The van der Waals surface area contributed by atoms with Crippen molar-refractivity contribution < 1.29 is 53.1 Å². The molecule has 0 aliphatic carbocycles. The molecule has 0 radical (unpaired) electrons. The largest absolute Gasteiger partial charge is 1.00 e. The predicted octanol–water partition coefficient (Wildman–Crippen LogP) is -2.44. The Morgan fingerprint density at radius 2 is 1.24 bits per heavy atom. The molecular formula is C22H43Br2N3O2. The van der Waals surface area contributed by atoms with E-state index < -0.39 is 0 Å². The second kappa shape index (κ2) is 16.5. The van der Waals surface area contributed by atoms with Gasteiger partial charge in [0.05, 0.1) is 47.9 Å². The third-order valence-electron chi connectivity index (χ3n) is 5.43. The quantitative estimate of drug-likeness (QED) is 0.192. The first-order valence-electron chi connectivity index (χ1n) is 10.6. The molecule has 0 fully saturated rings. The van der Waals surface area contributed by atoms with E-state index in [1.54, 1.807) is 18.3 Å². The molecule has 0 saturated heterocycles. The number of hydrogen-bond donors (Lipinski definition) is 2. The molecule has 1 rings (SSSR count). The molecule has 0 spiro atoms. The number of aliphatic hydroxyl groups is 1. The molecular weight excluding hydrogens is 498 g/mol. The van der Waals surface area contributed by atoms with Gasteiger partial charge in [0.2, 0.25) is 0 Å². The van der Waals surface area contributed by atoms with Crippen molar-refractivity contribution in [1.82, 2.24) is 4.98 Å². The highest BCUT2D eigenvalue weighted by Crippen LogP contribution is 2.18. The summed E-state index contributed by atoms with van der Waals surface area (Å²) in [6.07, 6.45) is 12.2. The van der Waals surface area contributed by atoms with Crippen LogP contribution in [0.15, 0.2) is 18.3 Å². The smallest absolute Gasteiger partial charge is 0.142 e. The number of aromatic nitrogens is 1. The van der Waals surface area contributed by atoms with Crippen LogP contribution < -0.4 is 34.0 Å². The summed E-state index contributed by atoms with van der Waals surface area (Å²) in [5.74, 6) is 0.308. The molecule has 2 N–H and O–H groups in total. The van der Waals surface area contributed by atoms with Crippen LogP contribution in [0.3, 0.4) is 0 Å². The fourth-order valence-corrected chi connectivity index (χ4v) is 3.56. The summed E-state index contributed by atoms with van der Waals surface area (Å²) < 4.78 is 1.80. The third-order valence-corrected chi connectivity index (χ3v) is 5.43. The molecule has 1 aromatic rings. The molecule has 1 aromatic heterocycles. The van der Waals surface area contributed by atoms with Crippen molar-refractivity contribution in [2.24, 2.45) is 0 Å². The van der Waals surface area contributed by atoms with Gasteiger partial charge >= 0.3 is 0 Å². The lowest BCUT2D eigenvalue weighted by Gasteiger charge is -2.29. The third kappa shape index (κ3) is 15.3. The Hall–Kier alpha value is -0.210. The average Bonchev–Trinajstić information content (AvgIpc) is 2.58. The molecule has 0 aliphatic rings. The van der Waals surface area contributed by atoms with E-state index in [-0.39, 0.29) is 40.6 Å². The van der Waals surface area contributed by atoms with Gasteiger partial charge in [0.15, 0.2) is 0 Å². The topological polar surface area (TPSA) is 53.4 Å². The number of hydrogen-bond acceptors (Lipinski definition) is 3. The van der Waals surface area contributed by atoms with Crippen LogP contribution in [0.25, 0.3) is 0 Å². The first kappa shape index (κ1) is 31.0. The summed E-state index contributed by atoms with van der Waals surface area (Å²) in [6, 6.07) is 3.49. The number of pyridine rings is 1. The zero-order valence-corrected chi connectivity index (χ0v) is 22.1. The van der Waals surface area contributed by atoms with Crippen molar-refractivity contribution in [1.29, 1.82) is 0 Å². The maximum absolute atomic E-state index is 9.89. The van der Waals surface area contributed by atoms with Crippen molar-refractivity contribution in [3.8, 4) is 5.75 Å². The number of aliphatic hydroxyl groups excluding tert-OH is 1. The summed E-state index contributed by atoms with van der Waals surface area (Å²) in [5.41, 5.74) is 0.795. The molecule has 0 bridgehead atoms. The first-order valence-corrected chi connectivity index (χ1v) is 10.6. The molecule has 5 nitrogen and oxygen atoms in total. The Balaban J connectivity index is 0. The molecule has 172 valence electrons. The number of unbranched alkanes of at least 4 members (excludes halogenated alkanes) is 7. The summed E-state index contributed by atoms with van der Waals surface area (Å²) in [7, 11) is 8.83. The first-order chi connectivity index (χ1) is 12.8. The van der Waals surface area contributed by atoms with Gasteiger partial charge < -0.3 is 53.1 Å². The van der Waals surface area contributed by atoms with Gasteiger partial charge in [0.25, 0.3) is 0 Å². The van der Waals surface area contributed by atoms with Crippen molar-refractivity contribution in [3.05, 3.63) is 24.0 Å². The summed E-state index contributed by atoms with van der Waals surface area (Å²) in [5, 5.41) is 18.9. The van der Waals surface area contributed by atoms with E-state index >= 15 is 0 Å². The Kier molecular flexibility index (Phi) is 17.6. The lowest BCUT2D eigenvalue weighted by molar-refractivity contribution is -0.904. The lowest BCUT2D eigenvalue weighted by atomic mass is 10.1. The van der Waals surface area contributed by atoms with Crippen LogP contribution in [0.5, 0.6) is 5.75 Å². The monoisotopic (exact) mass is 539 g/mol. The van der Waals surface area contributed by atoms with Gasteiger partial charge in [-0.25, -0.2) is 0 Å². The van der Waals surface area contributed by atoms with Crippen molar-refractivity contribution in [3.63, 3.8) is 0 Å². The van der Waals surface area contributed by atoms with E-state index in [9.17, 15) is 5.11 Å². The molecule has 0 atom stereocenters. The van der Waals surface area contributed by atoms with Crippen LogP contribution in [0.4, 0.5) is 0 Å². The Bertz CT molecular complexity index is 529. The van der Waals surface area contributed by atoms with Gasteiger partial charge in [-0.2, -0.15) is 0 Å². The molecule has 7 heteroatoms. The van der Waals surface area contributed by atoms with Crippen molar-refractivity contribution >= 4 is 0 Å². The fraction of sp³-hybridized carbons (Fsp3) is 0.773. The second-order valence-electron chi connectivity index (χ2n) is 9.22. The molecule has 29 heavy (non-hydrogen) atoms. The zero-order valence-electron chi connectivity index (χ0n) is 18.9. The van der Waals surface area contributed by atoms with Gasteiger partial charge in [-0.3, -0.25) is 4.98 Å². The Morgan fingerprint density at radius 1 is 0.759 bits per heavy atom. The van der Waals surface area contributed by atoms with Crippen LogP contribution >= 0.6 is 0 Å². The van der Waals surface area contributed by atoms with E-state index in [4.69, 9.17) is 5.11 Å². The van der Waals surface area contributed by atoms with Crippen LogP contribution in [0.1, 0.15) is 57.1 Å². The molecule has 0 aliphatic heterocycles. The molecule has 0 unspecified atom stereocenters. The number of nitrogens with zero attached hydrogens (tertiary/aromatic N) is 3. The summed E-state index contributed by atoms with van der Waals surface area (Å²) in [6.45, 7) is 4.20. The van der Waals surface area contributed by atoms with E-state index in [0.717, 1.165) is 34.3 Å². The zero-order chi connectivity index (χ0) is 20.2. The molecule has 0 amide bonds. The van der Waals surface area contributed by atoms with Crippen LogP contribution in [-0.4, -0.2) is 78.6 Å². The van der Waals surface area contributed by atoms with E-state index in [1.165, 1.54) is 57.9 Å². The minimum Gasteiger partial charge on any atom is -1.00 e. The van der Waals surface area contributed by atoms with Gasteiger partial charge in [0.1, 0.15) is 24.5 Å². The summed E-state index contributed by atoms with van der Waals surface area (Å²) >= 11 is 0. The molecule has 1 heterocycles. The van der Waals surface area contributed by atoms with E-state index in [0.29, 0.717) is 5.75 Å². The van der Waals surface area contributed by atoms with E-state index in [1.807, 2.05) is 0 Å². The normalized spacial score (nSPS) is 11.6. The molecule has 0 saturated carbocycles. The molecule has 0 aromatic carbocycles. The SMILES string of the molecule is C[N+](C)(CCO)CCCCCCCCCC[N+](C)(C)Cc1ncccc1O.[Br-].[Br-]. The lowest BCUT2D eigenvalue weighted by Crippen LogP contribution is -3.00. The minimum absolute atomic E-state index is 0. The van der Waals surface area contributed by atoms with E-state index in [2.05, 4.69) is 33.2 Å².